The quantitative estimate of drug-likeness (QED) is 0.511. The molecule has 0 aliphatic carbocycles. The molecule has 33 heavy (non-hydrogen) atoms. The molecule has 3 aromatic rings. The largest absolute Gasteiger partial charge is 0.497 e. The lowest BCUT2D eigenvalue weighted by molar-refractivity contribution is -0.120. The molecule has 3 rings (SSSR count). The number of amides is 1. The Morgan fingerprint density at radius 2 is 1.67 bits per heavy atom. The highest BCUT2D eigenvalue weighted by Crippen LogP contribution is 2.28. The van der Waals surface area contributed by atoms with Gasteiger partial charge in [-0.25, -0.2) is 8.42 Å². The number of aryl methyl sites for hydroxylation is 1. The summed E-state index contributed by atoms with van der Waals surface area (Å²) in [6.07, 6.45) is 0. The van der Waals surface area contributed by atoms with Gasteiger partial charge < -0.3 is 14.8 Å². The maximum absolute atomic E-state index is 13.5. The molecule has 8 heteroatoms. The van der Waals surface area contributed by atoms with Crippen molar-refractivity contribution < 1.29 is 22.7 Å². The Kier molecular flexibility index (Phi) is 7.60. The van der Waals surface area contributed by atoms with Crippen LogP contribution in [0.15, 0.2) is 77.7 Å². The summed E-state index contributed by atoms with van der Waals surface area (Å²) in [5, 5.41) is 2.88. The predicted octanol–water partition coefficient (Wildman–Crippen LogP) is 4.08. The van der Waals surface area contributed by atoms with E-state index in [1.54, 1.807) is 43.5 Å². The molecule has 0 aromatic heterocycles. The van der Waals surface area contributed by atoms with Crippen molar-refractivity contribution in [3.63, 3.8) is 0 Å². The maximum Gasteiger partial charge on any atom is 0.264 e. The van der Waals surface area contributed by atoms with Crippen molar-refractivity contribution in [2.75, 3.05) is 25.1 Å². The first-order valence-electron chi connectivity index (χ1n) is 10.4. The fraction of sp³-hybridized carbons (Fsp3) is 0.240. The standard InChI is InChI=1S/C25H28N2O5S/c1-18-12-14-22(15-13-18)33(29,30)27(20-8-7-9-21(16-20)31-3)17-25(28)26-19(2)23-10-5-6-11-24(23)32-4/h5-16,19H,17H2,1-4H3,(H,26,28)/t19-/m0/s1. The molecule has 0 radical (unpaired) electrons. The number of methoxy groups -OCH3 is 2. The summed E-state index contributed by atoms with van der Waals surface area (Å²) in [7, 11) is -0.951. The number of nitrogens with one attached hydrogen (secondary N) is 1. The van der Waals surface area contributed by atoms with Gasteiger partial charge in [0.25, 0.3) is 10.0 Å². The van der Waals surface area contributed by atoms with E-state index in [2.05, 4.69) is 5.32 Å². The number of para-hydroxylation sites is 1. The van der Waals surface area contributed by atoms with Gasteiger partial charge in [-0.2, -0.15) is 0 Å². The number of hydrogen-bond acceptors (Lipinski definition) is 5. The molecule has 0 bridgehead atoms. The van der Waals surface area contributed by atoms with Gasteiger partial charge in [-0.3, -0.25) is 9.10 Å². The summed E-state index contributed by atoms with van der Waals surface area (Å²) in [6.45, 7) is 3.30. The third kappa shape index (κ3) is 5.64. The van der Waals surface area contributed by atoms with E-state index in [0.717, 1.165) is 15.4 Å². The Labute approximate surface area is 195 Å². The Hall–Kier alpha value is -3.52. The van der Waals surface area contributed by atoms with Crippen LogP contribution in [-0.2, 0) is 14.8 Å². The monoisotopic (exact) mass is 468 g/mol. The summed E-state index contributed by atoms with van der Waals surface area (Å²) in [5.74, 6) is 0.675. The molecule has 0 aliphatic rings. The number of benzene rings is 3. The van der Waals surface area contributed by atoms with Crippen LogP contribution in [0, 0.1) is 6.92 Å². The molecule has 1 N–H and O–H groups in total. The van der Waals surface area contributed by atoms with Gasteiger partial charge in [-0.1, -0.05) is 42.0 Å². The van der Waals surface area contributed by atoms with Crippen molar-refractivity contribution in [1.82, 2.24) is 5.32 Å². The lowest BCUT2D eigenvalue weighted by Crippen LogP contribution is -2.41. The predicted molar refractivity (Wildman–Crippen MR) is 128 cm³/mol. The summed E-state index contributed by atoms with van der Waals surface area (Å²) in [4.78, 5) is 13.1. The van der Waals surface area contributed by atoms with Crippen molar-refractivity contribution in [3.8, 4) is 11.5 Å². The first-order valence-corrected chi connectivity index (χ1v) is 11.9. The van der Waals surface area contributed by atoms with Gasteiger partial charge in [0.1, 0.15) is 18.0 Å². The maximum atomic E-state index is 13.5. The second-order valence-corrected chi connectivity index (χ2v) is 9.42. The normalized spacial score (nSPS) is 12.0. The minimum atomic E-state index is -4.01. The minimum Gasteiger partial charge on any atom is -0.497 e. The molecule has 0 unspecified atom stereocenters. The van der Waals surface area contributed by atoms with Gasteiger partial charge in [0.15, 0.2) is 0 Å². The van der Waals surface area contributed by atoms with Gasteiger partial charge >= 0.3 is 0 Å². The van der Waals surface area contributed by atoms with Crippen LogP contribution < -0.4 is 19.1 Å². The van der Waals surface area contributed by atoms with Crippen LogP contribution in [0.4, 0.5) is 5.69 Å². The van der Waals surface area contributed by atoms with Gasteiger partial charge in [0.05, 0.1) is 30.8 Å². The highest BCUT2D eigenvalue weighted by atomic mass is 32.2. The molecule has 0 heterocycles. The minimum absolute atomic E-state index is 0.0986. The number of carbonyl (C=O) groups is 1. The van der Waals surface area contributed by atoms with Crippen LogP contribution in [0.2, 0.25) is 0 Å². The van der Waals surface area contributed by atoms with Gasteiger partial charge in [0.2, 0.25) is 5.91 Å². The van der Waals surface area contributed by atoms with Crippen molar-refractivity contribution >= 4 is 21.6 Å². The van der Waals surface area contributed by atoms with E-state index in [0.29, 0.717) is 17.2 Å². The molecular formula is C25H28N2O5S. The van der Waals surface area contributed by atoms with Crippen LogP contribution in [0.25, 0.3) is 0 Å². The zero-order valence-electron chi connectivity index (χ0n) is 19.1. The average Bonchev–Trinajstić information content (AvgIpc) is 2.82. The first kappa shape index (κ1) is 24.1. The molecule has 0 aliphatic heterocycles. The van der Waals surface area contributed by atoms with E-state index in [9.17, 15) is 13.2 Å². The van der Waals surface area contributed by atoms with E-state index in [1.165, 1.54) is 19.2 Å². The van der Waals surface area contributed by atoms with Gasteiger partial charge in [-0.15, -0.1) is 0 Å². The second kappa shape index (κ2) is 10.4. The molecule has 1 amide bonds. The summed E-state index contributed by atoms with van der Waals surface area (Å²) in [5.41, 5.74) is 2.06. The van der Waals surface area contributed by atoms with E-state index < -0.39 is 22.5 Å². The van der Waals surface area contributed by atoms with Crippen LogP contribution in [-0.4, -0.2) is 35.1 Å². The summed E-state index contributed by atoms with van der Waals surface area (Å²) in [6, 6.07) is 20.1. The van der Waals surface area contributed by atoms with E-state index >= 15 is 0 Å². The zero-order valence-corrected chi connectivity index (χ0v) is 19.9. The van der Waals surface area contributed by atoms with E-state index in [-0.39, 0.29) is 10.9 Å². The molecule has 3 aromatic carbocycles. The fourth-order valence-electron chi connectivity index (χ4n) is 3.44. The molecule has 0 saturated heterocycles. The smallest absolute Gasteiger partial charge is 0.264 e. The molecule has 1 atom stereocenters. The average molecular weight is 469 g/mol. The van der Waals surface area contributed by atoms with Crippen molar-refractivity contribution in [3.05, 3.63) is 83.9 Å². The molecule has 174 valence electrons. The van der Waals surface area contributed by atoms with E-state index in [4.69, 9.17) is 9.47 Å². The van der Waals surface area contributed by atoms with Crippen molar-refractivity contribution in [2.45, 2.75) is 24.8 Å². The SMILES string of the molecule is COc1cccc(N(CC(=O)N[C@@H](C)c2ccccc2OC)S(=O)(=O)c2ccc(C)cc2)c1. The molecule has 0 fully saturated rings. The number of sulfonamides is 1. The molecular weight excluding hydrogens is 440 g/mol. The number of hydrogen-bond donors (Lipinski definition) is 1. The Bertz CT molecular complexity index is 1210. The Morgan fingerprint density at radius 3 is 2.33 bits per heavy atom. The number of anilines is 1. The number of carbonyl (C=O) groups excluding carboxylic acids is 1. The highest BCUT2D eigenvalue weighted by Gasteiger charge is 2.28. The van der Waals surface area contributed by atoms with Crippen molar-refractivity contribution in [2.24, 2.45) is 0 Å². The topological polar surface area (TPSA) is 84.9 Å². The molecule has 7 nitrogen and oxygen atoms in total. The molecule has 0 spiro atoms. The highest BCUT2D eigenvalue weighted by molar-refractivity contribution is 7.92. The lowest BCUT2D eigenvalue weighted by Gasteiger charge is -2.25. The summed E-state index contributed by atoms with van der Waals surface area (Å²) >= 11 is 0. The lowest BCUT2D eigenvalue weighted by atomic mass is 10.1. The number of ether oxygens (including phenoxy) is 2. The van der Waals surface area contributed by atoms with Crippen LogP contribution in [0.1, 0.15) is 24.1 Å². The molecule has 0 saturated carbocycles. The van der Waals surface area contributed by atoms with Crippen LogP contribution in [0.5, 0.6) is 11.5 Å². The number of rotatable bonds is 9. The van der Waals surface area contributed by atoms with E-state index in [1.807, 2.05) is 38.1 Å². The third-order valence-corrected chi connectivity index (χ3v) is 7.01. The third-order valence-electron chi connectivity index (χ3n) is 5.22. The first-order chi connectivity index (χ1) is 15.8. The Morgan fingerprint density at radius 1 is 0.970 bits per heavy atom. The van der Waals surface area contributed by atoms with Gasteiger partial charge in [-0.05, 0) is 44.2 Å². The second-order valence-electron chi connectivity index (χ2n) is 7.56. The van der Waals surface area contributed by atoms with Gasteiger partial charge in [0, 0.05) is 11.6 Å². The van der Waals surface area contributed by atoms with Crippen LogP contribution >= 0.6 is 0 Å². The zero-order chi connectivity index (χ0) is 24.0. The van der Waals surface area contributed by atoms with Crippen LogP contribution in [0.3, 0.4) is 0 Å². The fourth-order valence-corrected chi connectivity index (χ4v) is 4.85. The summed E-state index contributed by atoms with van der Waals surface area (Å²) < 4.78 is 38.8. The van der Waals surface area contributed by atoms with Crippen molar-refractivity contribution in [1.29, 1.82) is 0 Å². The number of nitrogens with zero attached hydrogens (tertiary/aromatic N) is 1. The Balaban J connectivity index is 1.92.